The first-order valence-corrected chi connectivity index (χ1v) is 10.2. The van der Waals surface area contributed by atoms with Gasteiger partial charge in [0.25, 0.3) is 5.91 Å². The highest BCUT2D eigenvalue weighted by Crippen LogP contribution is 2.29. The third-order valence-corrected chi connectivity index (χ3v) is 4.97. The van der Waals surface area contributed by atoms with Gasteiger partial charge in [-0.15, -0.1) is 0 Å². The number of anilines is 1. The summed E-state index contributed by atoms with van der Waals surface area (Å²) in [6, 6.07) is 14.1. The molecule has 0 radical (unpaired) electrons. The maximum absolute atomic E-state index is 12.2. The van der Waals surface area contributed by atoms with Crippen molar-refractivity contribution in [2.24, 2.45) is 5.73 Å². The molecule has 0 aliphatic carbocycles. The number of carbonyl (C=O) groups is 3. The summed E-state index contributed by atoms with van der Waals surface area (Å²) in [4.78, 5) is 39.2. The van der Waals surface area contributed by atoms with Crippen LogP contribution in [0.1, 0.15) is 41.7 Å². The third kappa shape index (κ3) is 4.38. The molecule has 0 bridgehead atoms. The first kappa shape index (κ1) is 21.9. The number of nitrogens with two attached hydrogens (primary N) is 1. The van der Waals surface area contributed by atoms with Crippen LogP contribution in [0.2, 0.25) is 0 Å². The summed E-state index contributed by atoms with van der Waals surface area (Å²) in [7, 11) is 1.32. The van der Waals surface area contributed by atoms with Gasteiger partial charge in [-0.05, 0) is 69.3 Å². The van der Waals surface area contributed by atoms with Gasteiger partial charge in [0, 0.05) is 27.7 Å². The lowest BCUT2D eigenvalue weighted by molar-refractivity contribution is 0.0592. The zero-order chi connectivity index (χ0) is 23.9. The molecule has 4 N–H and O–H groups in total. The molecule has 2 amide bonds. The Labute approximate surface area is 189 Å². The molecular formula is C24H24N4O5. The van der Waals surface area contributed by atoms with Gasteiger partial charge in [-0.25, -0.2) is 9.59 Å². The lowest BCUT2D eigenvalue weighted by Gasteiger charge is -2.19. The summed E-state index contributed by atoms with van der Waals surface area (Å²) in [6.07, 6.45) is -0.573. The van der Waals surface area contributed by atoms with E-state index in [1.165, 1.54) is 7.11 Å². The highest BCUT2D eigenvalue weighted by molar-refractivity contribution is 6.01. The minimum Gasteiger partial charge on any atom is -0.464 e. The van der Waals surface area contributed by atoms with Crippen LogP contribution in [-0.2, 0) is 9.47 Å². The van der Waals surface area contributed by atoms with Crippen molar-refractivity contribution in [2.45, 2.75) is 26.4 Å². The average molecular weight is 448 g/mol. The number of esters is 1. The van der Waals surface area contributed by atoms with Crippen molar-refractivity contribution in [2.75, 3.05) is 12.4 Å². The Bertz CT molecular complexity index is 1410. The highest BCUT2D eigenvalue weighted by Gasteiger charge is 2.19. The lowest BCUT2D eigenvalue weighted by atomic mass is 10.2. The number of hydrogen-bond donors (Lipinski definition) is 3. The van der Waals surface area contributed by atoms with Gasteiger partial charge in [-0.1, -0.05) is 0 Å². The Hall–Kier alpha value is -4.27. The van der Waals surface area contributed by atoms with Gasteiger partial charge >= 0.3 is 12.1 Å². The van der Waals surface area contributed by atoms with E-state index in [2.05, 4.69) is 10.3 Å². The molecule has 0 aliphatic rings. The second-order valence-electron chi connectivity index (χ2n) is 8.58. The predicted molar refractivity (Wildman–Crippen MR) is 125 cm³/mol. The Morgan fingerprint density at radius 2 is 1.76 bits per heavy atom. The molecule has 0 saturated heterocycles. The average Bonchev–Trinajstić information content (AvgIpc) is 3.32. The number of rotatable bonds is 4. The second-order valence-corrected chi connectivity index (χ2v) is 8.58. The number of aromatic nitrogens is 2. The smallest absolute Gasteiger partial charge is 0.412 e. The number of primary amides is 1. The fourth-order valence-electron chi connectivity index (χ4n) is 3.65. The van der Waals surface area contributed by atoms with Crippen LogP contribution < -0.4 is 11.1 Å². The van der Waals surface area contributed by atoms with Gasteiger partial charge in [0.1, 0.15) is 17.0 Å². The second kappa shape index (κ2) is 8.01. The lowest BCUT2D eigenvalue weighted by Crippen LogP contribution is -2.27. The van der Waals surface area contributed by atoms with Gasteiger partial charge < -0.3 is 24.8 Å². The van der Waals surface area contributed by atoms with Gasteiger partial charge in [0.05, 0.1) is 12.6 Å². The van der Waals surface area contributed by atoms with E-state index in [1.807, 2.05) is 18.2 Å². The van der Waals surface area contributed by atoms with Crippen molar-refractivity contribution in [3.05, 3.63) is 59.9 Å². The Kier molecular flexibility index (Phi) is 5.33. The van der Waals surface area contributed by atoms with Crippen LogP contribution in [0.15, 0.2) is 48.5 Å². The number of methoxy groups -OCH3 is 1. The number of ether oxygens (including phenoxy) is 2. The molecule has 0 unspecified atom stereocenters. The quantitative estimate of drug-likeness (QED) is 0.400. The first-order chi connectivity index (χ1) is 15.6. The normalized spacial score (nSPS) is 11.5. The number of fused-ring (bicyclic) bond motifs is 2. The van der Waals surface area contributed by atoms with Crippen molar-refractivity contribution in [1.29, 1.82) is 0 Å². The number of H-pyrrole nitrogens is 1. The van der Waals surface area contributed by atoms with Crippen LogP contribution in [0, 0.1) is 0 Å². The zero-order valence-electron chi connectivity index (χ0n) is 18.7. The van der Waals surface area contributed by atoms with E-state index in [4.69, 9.17) is 15.2 Å². The van der Waals surface area contributed by atoms with Crippen molar-refractivity contribution >= 4 is 45.5 Å². The molecule has 0 spiro atoms. The molecule has 0 saturated carbocycles. The summed E-state index contributed by atoms with van der Waals surface area (Å²) in [6.45, 7) is 5.35. The molecule has 170 valence electrons. The van der Waals surface area contributed by atoms with E-state index in [0.29, 0.717) is 22.5 Å². The van der Waals surface area contributed by atoms with Crippen LogP contribution in [0.5, 0.6) is 0 Å². The highest BCUT2D eigenvalue weighted by atomic mass is 16.6. The molecule has 0 aliphatic heterocycles. The fraction of sp³-hybridized carbons (Fsp3) is 0.208. The van der Waals surface area contributed by atoms with Crippen molar-refractivity contribution < 1.29 is 23.9 Å². The van der Waals surface area contributed by atoms with E-state index >= 15 is 0 Å². The molecule has 0 atom stereocenters. The van der Waals surface area contributed by atoms with Gasteiger partial charge in [0.15, 0.2) is 0 Å². The van der Waals surface area contributed by atoms with E-state index in [9.17, 15) is 14.4 Å². The van der Waals surface area contributed by atoms with E-state index in [-0.39, 0.29) is 5.69 Å². The van der Waals surface area contributed by atoms with Crippen LogP contribution in [0.3, 0.4) is 0 Å². The molecule has 4 aromatic rings. The number of carbonyl (C=O) groups excluding carboxylic acids is 3. The molecule has 2 aromatic carbocycles. The Balaban J connectivity index is 1.77. The minimum atomic E-state index is -0.624. The van der Waals surface area contributed by atoms with Gasteiger partial charge in [0.2, 0.25) is 0 Å². The molecule has 9 nitrogen and oxygen atoms in total. The number of nitrogens with zero attached hydrogens (tertiary/aromatic N) is 1. The molecule has 33 heavy (non-hydrogen) atoms. The maximum Gasteiger partial charge on any atom is 0.412 e. The summed E-state index contributed by atoms with van der Waals surface area (Å²) in [5.74, 6) is -1.07. The molecule has 2 heterocycles. The topological polar surface area (TPSA) is 128 Å². The monoisotopic (exact) mass is 448 g/mol. The van der Waals surface area contributed by atoms with Crippen molar-refractivity contribution in [3.8, 4) is 5.69 Å². The summed E-state index contributed by atoms with van der Waals surface area (Å²) in [5, 5.41) is 4.18. The fourth-order valence-corrected chi connectivity index (χ4v) is 3.65. The van der Waals surface area contributed by atoms with E-state index < -0.39 is 23.6 Å². The number of aromatic amines is 1. The minimum absolute atomic E-state index is 0.280. The van der Waals surface area contributed by atoms with Crippen molar-refractivity contribution in [3.63, 3.8) is 0 Å². The summed E-state index contributed by atoms with van der Waals surface area (Å²) < 4.78 is 11.8. The largest absolute Gasteiger partial charge is 0.464 e. The number of amides is 2. The number of nitrogens with one attached hydrogen (secondary N) is 2. The number of benzene rings is 2. The predicted octanol–water partition coefficient (Wildman–Crippen LogP) is 4.34. The SMILES string of the molecule is COC(=O)c1cc2cc(-n3c(C(N)=O)cc4cc(NC(=O)OC(C)(C)C)ccc43)ccc2[nH]1. The Morgan fingerprint density at radius 3 is 2.42 bits per heavy atom. The Morgan fingerprint density at radius 1 is 1.00 bits per heavy atom. The van der Waals surface area contributed by atoms with Crippen LogP contribution in [-0.4, -0.2) is 40.2 Å². The molecule has 9 heteroatoms. The van der Waals surface area contributed by atoms with E-state index in [0.717, 1.165) is 16.4 Å². The standard InChI is InChI=1S/C24H24N4O5/c1-24(2,3)33-23(31)26-15-5-8-19-14(9-15)12-20(21(25)29)28(19)16-6-7-17-13(10-16)11-18(27-17)22(30)32-4/h5-12,27H,1-4H3,(H2,25,29)(H,26,31). The first-order valence-electron chi connectivity index (χ1n) is 10.2. The van der Waals surface area contributed by atoms with E-state index in [1.54, 1.807) is 55.7 Å². The van der Waals surface area contributed by atoms with Crippen LogP contribution >= 0.6 is 0 Å². The summed E-state index contributed by atoms with van der Waals surface area (Å²) in [5.41, 5.74) is 8.33. The number of hydrogen-bond acceptors (Lipinski definition) is 5. The summed E-state index contributed by atoms with van der Waals surface area (Å²) >= 11 is 0. The molecule has 4 rings (SSSR count). The molecule has 0 fully saturated rings. The maximum atomic E-state index is 12.2. The van der Waals surface area contributed by atoms with Crippen LogP contribution in [0.25, 0.3) is 27.5 Å². The van der Waals surface area contributed by atoms with Gasteiger partial charge in [-0.3, -0.25) is 10.1 Å². The third-order valence-electron chi connectivity index (χ3n) is 4.97. The van der Waals surface area contributed by atoms with Gasteiger partial charge in [-0.2, -0.15) is 0 Å². The molecular weight excluding hydrogens is 424 g/mol. The van der Waals surface area contributed by atoms with Crippen LogP contribution in [0.4, 0.5) is 10.5 Å². The molecule has 2 aromatic heterocycles. The van der Waals surface area contributed by atoms with Crippen molar-refractivity contribution in [1.82, 2.24) is 9.55 Å². The zero-order valence-corrected chi connectivity index (χ0v) is 18.7.